The number of hydrogen-bond acceptors (Lipinski definition) is 4. The number of aromatic nitrogens is 1. The lowest BCUT2D eigenvalue weighted by Gasteiger charge is -2.36. The summed E-state index contributed by atoms with van der Waals surface area (Å²) in [6.45, 7) is 5.98. The van der Waals surface area contributed by atoms with E-state index in [1.165, 1.54) is 16.6 Å². The van der Waals surface area contributed by atoms with Crippen LogP contribution in [0.5, 0.6) is 0 Å². The van der Waals surface area contributed by atoms with Gasteiger partial charge in [0.15, 0.2) is 0 Å². The second kappa shape index (κ2) is 5.69. The topological polar surface area (TPSA) is 62.5 Å². The Morgan fingerprint density at radius 3 is 2.71 bits per heavy atom. The van der Waals surface area contributed by atoms with Gasteiger partial charge in [-0.05, 0) is 25.1 Å². The highest BCUT2D eigenvalue weighted by Crippen LogP contribution is 2.27. The number of benzene rings is 1. The number of hydrogen-bond donors (Lipinski definition) is 1. The monoisotopic (exact) mass is 284 g/mol. The van der Waals surface area contributed by atoms with Crippen molar-refractivity contribution in [2.45, 2.75) is 6.92 Å². The van der Waals surface area contributed by atoms with E-state index in [4.69, 9.17) is 5.73 Å². The molecule has 1 aliphatic heterocycles. The van der Waals surface area contributed by atoms with E-state index >= 15 is 0 Å². The van der Waals surface area contributed by atoms with Crippen LogP contribution in [0.2, 0.25) is 0 Å². The van der Waals surface area contributed by atoms with Crippen LogP contribution in [0.4, 0.5) is 5.69 Å². The van der Waals surface area contributed by atoms with Crippen LogP contribution in [-0.4, -0.2) is 48.5 Å². The molecular weight excluding hydrogens is 264 g/mol. The van der Waals surface area contributed by atoms with Crippen molar-refractivity contribution in [2.24, 2.45) is 5.73 Å². The molecule has 0 bridgehead atoms. The summed E-state index contributed by atoms with van der Waals surface area (Å²) in [5, 5.41) is 1.20. The lowest BCUT2D eigenvalue weighted by atomic mass is 10.1. The minimum atomic E-state index is -0.256. The molecule has 2 heterocycles. The number of aryl methyl sites for hydroxylation is 1. The van der Waals surface area contributed by atoms with Crippen LogP contribution >= 0.6 is 0 Å². The molecule has 1 aliphatic rings. The molecule has 2 aromatic rings. The highest BCUT2D eigenvalue weighted by atomic mass is 16.1. The van der Waals surface area contributed by atoms with Crippen molar-refractivity contribution in [1.29, 1.82) is 0 Å². The van der Waals surface area contributed by atoms with E-state index in [2.05, 4.69) is 46.0 Å². The molecule has 1 aromatic carbocycles. The van der Waals surface area contributed by atoms with Crippen LogP contribution in [0.25, 0.3) is 10.9 Å². The second-order valence-corrected chi connectivity index (χ2v) is 5.58. The normalized spacial score (nSPS) is 16.3. The van der Waals surface area contributed by atoms with Gasteiger partial charge in [0.25, 0.3) is 0 Å². The number of carbonyl (C=O) groups is 1. The van der Waals surface area contributed by atoms with E-state index in [1.54, 1.807) is 0 Å². The van der Waals surface area contributed by atoms with E-state index in [9.17, 15) is 4.79 Å². The molecule has 0 radical (unpaired) electrons. The van der Waals surface area contributed by atoms with Gasteiger partial charge >= 0.3 is 0 Å². The fraction of sp³-hybridized carbons (Fsp3) is 0.375. The standard InChI is InChI=1S/C16H20N4O/c1-12-2-3-14-13(10-12)15(4-5-18-14)20-8-6-19(7-9-20)11-16(17)21/h2-5,10H,6-9,11H2,1H3,(H2,17,21). The largest absolute Gasteiger partial charge is 0.369 e. The van der Waals surface area contributed by atoms with Crippen LogP contribution in [0.1, 0.15) is 5.56 Å². The van der Waals surface area contributed by atoms with Crippen molar-refractivity contribution >= 4 is 22.5 Å². The third-order valence-corrected chi connectivity index (χ3v) is 3.97. The third kappa shape index (κ3) is 2.97. The fourth-order valence-corrected chi connectivity index (χ4v) is 2.89. The van der Waals surface area contributed by atoms with Crippen molar-refractivity contribution in [1.82, 2.24) is 9.88 Å². The lowest BCUT2D eigenvalue weighted by molar-refractivity contribution is -0.119. The van der Waals surface area contributed by atoms with Gasteiger partial charge in [0.1, 0.15) is 0 Å². The number of carbonyl (C=O) groups excluding carboxylic acids is 1. The summed E-state index contributed by atoms with van der Waals surface area (Å²) in [4.78, 5) is 19.9. The molecule has 0 aliphatic carbocycles. The molecule has 3 rings (SSSR count). The number of pyridine rings is 1. The SMILES string of the molecule is Cc1ccc2nccc(N3CCN(CC(N)=O)CC3)c2c1. The van der Waals surface area contributed by atoms with Crippen molar-refractivity contribution in [3.8, 4) is 0 Å². The Hall–Kier alpha value is -2.14. The van der Waals surface area contributed by atoms with Crippen LogP contribution in [-0.2, 0) is 4.79 Å². The Balaban J connectivity index is 1.82. The van der Waals surface area contributed by atoms with Gasteiger partial charge in [-0.2, -0.15) is 0 Å². The molecule has 5 nitrogen and oxygen atoms in total. The highest BCUT2D eigenvalue weighted by molar-refractivity contribution is 5.92. The molecule has 0 unspecified atom stereocenters. The summed E-state index contributed by atoms with van der Waals surface area (Å²) in [5.41, 5.74) is 8.75. The van der Waals surface area contributed by atoms with Crippen molar-refractivity contribution in [3.05, 3.63) is 36.0 Å². The Morgan fingerprint density at radius 2 is 2.00 bits per heavy atom. The van der Waals surface area contributed by atoms with Gasteiger partial charge in [-0.25, -0.2) is 0 Å². The maximum Gasteiger partial charge on any atom is 0.231 e. The van der Waals surface area contributed by atoms with Gasteiger partial charge in [-0.3, -0.25) is 14.7 Å². The number of anilines is 1. The first-order valence-electron chi connectivity index (χ1n) is 7.24. The molecular formula is C16H20N4O. The number of nitrogens with two attached hydrogens (primary N) is 1. The summed E-state index contributed by atoms with van der Waals surface area (Å²) >= 11 is 0. The summed E-state index contributed by atoms with van der Waals surface area (Å²) in [6.07, 6.45) is 1.86. The van der Waals surface area contributed by atoms with E-state index in [0.29, 0.717) is 6.54 Å². The molecule has 0 saturated carbocycles. The smallest absolute Gasteiger partial charge is 0.231 e. The first kappa shape index (κ1) is 13.8. The number of fused-ring (bicyclic) bond motifs is 1. The van der Waals surface area contributed by atoms with E-state index in [1.807, 2.05) is 6.20 Å². The first-order valence-corrected chi connectivity index (χ1v) is 7.24. The van der Waals surface area contributed by atoms with E-state index in [0.717, 1.165) is 31.7 Å². The number of nitrogens with zero attached hydrogens (tertiary/aromatic N) is 3. The number of primary amides is 1. The summed E-state index contributed by atoms with van der Waals surface area (Å²) < 4.78 is 0. The van der Waals surface area contributed by atoms with Gasteiger partial charge in [0, 0.05) is 43.4 Å². The Labute approximate surface area is 124 Å². The quantitative estimate of drug-likeness (QED) is 0.918. The number of amides is 1. The molecule has 1 aromatic heterocycles. The first-order chi connectivity index (χ1) is 10.1. The van der Waals surface area contributed by atoms with E-state index in [-0.39, 0.29) is 5.91 Å². The van der Waals surface area contributed by atoms with Gasteiger partial charge in [-0.1, -0.05) is 11.6 Å². The van der Waals surface area contributed by atoms with Gasteiger partial charge < -0.3 is 10.6 Å². The Morgan fingerprint density at radius 1 is 1.24 bits per heavy atom. The lowest BCUT2D eigenvalue weighted by Crippen LogP contribution is -2.48. The van der Waals surface area contributed by atoms with Crippen LogP contribution in [0, 0.1) is 6.92 Å². The minimum Gasteiger partial charge on any atom is -0.369 e. The maximum absolute atomic E-state index is 11.0. The van der Waals surface area contributed by atoms with Crippen molar-refractivity contribution in [2.75, 3.05) is 37.6 Å². The minimum absolute atomic E-state index is 0.256. The highest BCUT2D eigenvalue weighted by Gasteiger charge is 2.19. The molecule has 1 saturated heterocycles. The Kier molecular flexibility index (Phi) is 3.75. The van der Waals surface area contributed by atoms with Crippen LogP contribution in [0.3, 0.4) is 0 Å². The zero-order valence-electron chi connectivity index (χ0n) is 12.2. The Bertz CT molecular complexity index is 662. The summed E-state index contributed by atoms with van der Waals surface area (Å²) in [7, 11) is 0. The molecule has 2 N–H and O–H groups in total. The summed E-state index contributed by atoms with van der Waals surface area (Å²) in [5.74, 6) is -0.256. The molecule has 1 amide bonds. The molecule has 0 atom stereocenters. The predicted molar refractivity (Wildman–Crippen MR) is 84.3 cm³/mol. The van der Waals surface area contributed by atoms with Gasteiger partial charge in [0.05, 0.1) is 12.1 Å². The molecule has 0 spiro atoms. The van der Waals surface area contributed by atoms with Crippen LogP contribution < -0.4 is 10.6 Å². The van der Waals surface area contributed by atoms with Crippen LogP contribution in [0.15, 0.2) is 30.5 Å². The molecule has 21 heavy (non-hydrogen) atoms. The van der Waals surface area contributed by atoms with Crippen molar-refractivity contribution in [3.63, 3.8) is 0 Å². The van der Waals surface area contributed by atoms with Gasteiger partial charge in [-0.15, -0.1) is 0 Å². The maximum atomic E-state index is 11.0. The molecule has 1 fully saturated rings. The predicted octanol–water partition coefficient (Wildman–Crippen LogP) is 1.15. The molecule has 5 heteroatoms. The third-order valence-electron chi connectivity index (χ3n) is 3.97. The average Bonchev–Trinajstić information content (AvgIpc) is 2.47. The second-order valence-electron chi connectivity index (χ2n) is 5.58. The van der Waals surface area contributed by atoms with E-state index < -0.39 is 0 Å². The average molecular weight is 284 g/mol. The number of piperazine rings is 1. The fourth-order valence-electron chi connectivity index (χ4n) is 2.89. The number of rotatable bonds is 3. The zero-order valence-corrected chi connectivity index (χ0v) is 12.2. The summed E-state index contributed by atoms with van der Waals surface area (Å²) in [6, 6.07) is 8.42. The van der Waals surface area contributed by atoms with Gasteiger partial charge in [0.2, 0.25) is 5.91 Å². The molecule has 110 valence electrons. The van der Waals surface area contributed by atoms with Crippen molar-refractivity contribution < 1.29 is 4.79 Å². The zero-order chi connectivity index (χ0) is 14.8.